The van der Waals surface area contributed by atoms with Gasteiger partial charge in [-0.3, -0.25) is 0 Å². The average Bonchev–Trinajstić information content (AvgIpc) is 2.16. The van der Waals surface area contributed by atoms with Gasteiger partial charge < -0.3 is 4.74 Å². The largest absolute Gasteiger partial charge is 0.447 e. The predicted octanol–water partition coefficient (Wildman–Crippen LogP) is 2.65. The molecule has 1 aliphatic rings. The van der Waals surface area contributed by atoms with Crippen molar-refractivity contribution >= 4 is 11.8 Å². The summed E-state index contributed by atoms with van der Waals surface area (Å²) < 4.78 is 4.88. The summed E-state index contributed by atoms with van der Waals surface area (Å²) in [6.07, 6.45) is 1.61. The number of ether oxygens (including phenoxy) is 1. The van der Waals surface area contributed by atoms with Gasteiger partial charge in [0.25, 0.3) is 0 Å². The van der Waals surface area contributed by atoms with Crippen LogP contribution in [0.25, 0.3) is 0 Å². The first kappa shape index (κ1) is 10.2. The average molecular weight is 183 g/mol. The fourth-order valence-corrected chi connectivity index (χ4v) is 1.53. The van der Waals surface area contributed by atoms with Gasteiger partial charge in [0.15, 0.2) is 0 Å². The normalized spacial score (nSPS) is 25.0. The Hall–Kier alpha value is -0.860. The van der Waals surface area contributed by atoms with Crippen LogP contribution in [0.1, 0.15) is 33.6 Å². The third kappa shape index (κ3) is 2.29. The van der Waals surface area contributed by atoms with Crippen molar-refractivity contribution in [3.8, 4) is 0 Å². The summed E-state index contributed by atoms with van der Waals surface area (Å²) >= 11 is 0. The summed E-state index contributed by atoms with van der Waals surface area (Å²) in [7, 11) is 0. The van der Waals surface area contributed by atoms with E-state index in [2.05, 4.69) is 25.8 Å². The highest BCUT2D eigenvalue weighted by atomic mass is 16.5. The van der Waals surface area contributed by atoms with Crippen LogP contribution in [-0.2, 0) is 4.74 Å². The molecule has 0 radical (unpaired) electrons. The summed E-state index contributed by atoms with van der Waals surface area (Å²) in [5.74, 6) is 0.741. The van der Waals surface area contributed by atoms with E-state index in [0.717, 1.165) is 18.6 Å². The molecule has 0 fully saturated rings. The highest BCUT2D eigenvalue weighted by Gasteiger charge is 2.25. The van der Waals surface area contributed by atoms with Crippen LogP contribution in [0.4, 0.5) is 4.79 Å². The van der Waals surface area contributed by atoms with Gasteiger partial charge in [0.05, 0.1) is 0 Å². The Morgan fingerprint density at radius 3 is 2.85 bits per heavy atom. The van der Waals surface area contributed by atoms with E-state index in [4.69, 9.17) is 4.74 Å². The van der Waals surface area contributed by atoms with Crippen molar-refractivity contribution in [2.45, 2.75) is 33.6 Å². The molecule has 3 nitrogen and oxygen atoms in total. The maximum atomic E-state index is 10.9. The number of carbonyl (C=O) groups is 1. The van der Waals surface area contributed by atoms with Crippen molar-refractivity contribution in [2.75, 3.05) is 6.61 Å². The summed E-state index contributed by atoms with van der Waals surface area (Å²) in [4.78, 5) is 14.9. The van der Waals surface area contributed by atoms with Crippen molar-refractivity contribution in [2.24, 2.45) is 16.8 Å². The van der Waals surface area contributed by atoms with Gasteiger partial charge in [0.1, 0.15) is 6.61 Å². The van der Waals surface area contributed by atoms with E-state index in [0.29, 0.717) is 18.4 Å². The minimum Gasteiger partial charge on any atom is -0.447 e. The number of amides is 1. The highest BCUT2D eigenvalue weighted by Crippen LogP contribution is 2.20. The molecule has 0 saturated carbocycles. The molecular formula is C10H17NO2. The first-order valence-corrected chi connectivity index (χ1v) is 4.94. The molecule has 0 spiro atoms. The monoisotopic (exact) mass is 183 g/mol. The van der Waals surface area contributed by atoms with E-state index < -0.39 is 6.09 Å². The summed E-state index contributed by atoms with van der Waals surface area (Å²) in [5, 5.41) is 0. The highest BCUT2D eigenvalue weighted by molar-refractivity contribution is 5.97. The second-order valence-corrected chi connectivity index (χ2v) is 3.53. The van der Waals surface area contributed by atoms with Crippen molar-refractivity contribution in [3.05, 3.63) is 0 Å². The van der Waals surface area contributed by atoms with E-state index in [1.54, 1.807) is 0 Å². The lowest BCUT2D eigenvalue weighted by atomic mass is 9.89. The molecule has 2 unspecified atom stereocenters. The van der Waals surface area contributed by atoms with Crippen LogP contribution >= 0.6 is 0 Å². The van der Waals surface area contributed by atoms with E-state index in [1.807, 2.05) is 0 Å². The van der Waals surface area contributed by atoms with Crippen LogP contribution < -0.4 is 0 Å². The van der Waals surface area contributed by atoms with Crippen LogP contribution in [0.5, 0.6) is 0 Å². The maximum absolute atomic E-state index is 10.9. The quantitative estimate of drug-likeness (QED) is 0.674. The first-order valence-electron chi connectivity index (χ1n) is 4.94. The van der Waals surface area contributed by atoms with Gasteiger partial charge in [0.2, 0.25) is 0 Å². The minimum atomic E-state index is -0.417. The molecule has 0 saturated heterocycles. The van der Waals surface area contributed by atoms with Gasteiger partial charge in [-0.05, 0) is 18.8 Å². The van der Waals surface area contributed by atoms with Gasteiger partial charge in [0, 0.05) is 11.6 Å². The van der Waals surface area contributed by atoms with Gasteiger partial charge in [-0.2, -0.15) is 4.99 Å². The Kier molecular flexibility index (Phi) is 3.46. The zero-order valence-electron chi connectivity index (χ0n) is 8.54. The third-order valence-electron chi connectivity index (χ3n) is 2.66. The molecule has 2 atom stereocenters. The molecule has 74 valence electrons. The molecule has 1 heterocycles. The van der Waals surface area contributed by atoms with Crippen LogP contribution in [0.3, 0.4) is 0 Å². The lowest BCUT2D eigenvalue weighted by Gasteiger charge is -2.24. The van der Waals surface area contributed by atoms with Crippen molar-refractivity contribution in [3.63, 3.8) is 0 Å². The van der Waals surface area contributed by atoms with E-state index in [9.17, 15) is 4.79 Å². The standard InChI is InChI=1S/C10H17NO2/c1-4-7(3)9-8(5-2)6-13-10(12)11-9/h7-8H,4-6H2,1-3H3. The van der Waals surface area contributed by atoms with Crippen LogP contribution in [-0.4, -0.2) is 18.4 Å². The lowest BCUT2D eigenvalue weighted by Crippen LogP contribution is -2.31. The van der Waals surface area contributed by atoms with E-state index >= 15 is 0 Å². The molecule has 0 aromatic carbocycles. The number of hydrogen-bond acceptors (Lipinski definition) is 2. The molecule has 1 amide bonds. The SMILES string of the molecule is CCC(C)C1=NC(=O)OCC1CC. The summed E-state index contributed by atoms with van der Waals surface area (Å²) in [6.45, 7) is 6.83. The molecule has 3 heteroatoms. The van der Waals surface area contributed by atoms with Crippen LogP contribution in [0.2, 0.25) is 0 Å². The predicted molar refractivity (Wildman–Crippen MR) is 52.0 cm³/mol. The number of carbonyl (C=O) groups excluding carboxylic acids is 1. The smallest absolute Gasteiger partial charge is 0.433 e. The number of aliphatic imine (C=N–C) groups is 1. The fourth-order valence-electron chi connectivity index (χ4n) is 1.53. The Labute approximate surface area is 79.2 Å². The Morgan fingerprint density at radius 1 is 1.62 bits per heavy atom. The molecule has 0 N–H and O–H groups in total. The van der Waals surface area contributed by atoms with E-state index in [1.165, 1.54) is 0 Å². The Morgan fingerprint density at radius 2 is 2.31 bits per heavy atom. The minimum absolute atomic E-state index is 0.340. The first-order chi connectivity index (χ1) is 6.19. The van der Waals surface area contributed by atoms with E-state index in [-0.39, 0.29) is 0 Å². The summed E-state index contributed by atoms with van der Waals surface area (Å²) in [6, 6.07) is 0. The fraction of sp³-hybridized carbons (Fsp3) is 0.800. The van der Waals surface area contributed by atoms with Crippen LogP contribution in [0.15, 0.2) is 4.99 Å². The lowest BCUT2D eigenvalue weighted by molar-refractivity contribution is 0.139. The molecule has 1 rings (SSSR count). The van der Waals surface area contributed by atoms with Crippen molar-refractivity contribution in [1.82, 2.24) is 0 Å². The topological polar surface area (TPSA) is 38.7 Å². The molecule has 1 aliphatic heterocycles. The molecule has 0 aromatic heterocycles. The van der Waals surface area contributed by atoms with Gasteiger partial charge in [-0.1, -0.05) is 20.8 Å². The summed E-state index contributed by atoms with van der Waals surface area (Å²) in [5.41, 5.74) is 1.03. The number of hydrogen-bond donors (Lipinski definition) is 0. The van der Waals surface area contributed by atoms with Crippen molar-refractivity contribution < 1.29 is 9.53 Å². The third-order valence-corrected chi connectivity index (χ3v) is 2.66. The number of cyclic esters (lactones) is 1. The zero-order valence-corrected chi connectivity index (χ0v) is 8.54. The zero-order chi connectivity index (χ0) is 9.84. The molecular weight excluding hydrogens is 166 g/mol. The number of nitrogens with zero attached hydrogens (tertiary/aromatic N) is 1. The van der Waals surface area contributed by atoms with Crippen molar-refractivity contribution in [1.29, 1.82) is 0 Å². The van der Waals surface area contributed by atoms with Gasteiger partial charge in [-0.25, -0.2) is 4.79 Å². The maximum Gasteiger partial charge on any atom is 0.433 e. The molecule has 13 heavy (non-hydrogen) atoms. The molecule has 0 aromatic rings. The second kappa shape index (κ2) is 4.40. The Balaban J connectivity index is 2.79. The molecule has 0 aliphatic carbocycles. The molecule has 0 bridgehead atoms. The number of rotatable bonds is 3. The van der Waals surface area contributed by atoms with Crippen LogP contribution in [0, 0.1) is 11.8 Å². The Bertz CT molecular complexity index is 223. The second-order valence-electron chi connectivity index (χ2n) is 3.53. The van der Waals surface area contributed by atoms with Gasteiger partial charge in [-0.15, -0.1) is 0 Å². The van der Waals surface area contributed by atoms with Gasteiger partial charge >= 0.3 is 6.09 Å².